The van der Waals surface area contributed by atoms with Crippen LogP contribution in [-0.4, -0.2) is 45.4 Å². The number of ketones is 1. The monoisotopic (exact) mass is 507 g/mol. The SMILES string of the molecule is NC(=O)c1cccc(-n2cnc3c2C(=O)C(c2ccc(-c4ccccc4CN4CCCC4)cc2F)N=C3)c1. The lowest BCUT2D eigenvalue weighted by molar-refractivity contribution is 0.0951. The molecule has 1 fully saturated rings. The van der Waals surface area contributed by atoms with Crippen LogP contribution in [0.1, 0.15) is 56.6 Å². The number of carbonyl (C=O) groups is 2. The van der Waals surface area contributed by atoms with Gasteiger partial charge in [0.25, 0.3) is 0 Å². The Balaban J connectivity index is 1.32. The Morgan fingerprint density at radius 3 is 2.63 bits per heavy atom. The molecule has 3 aromatic carbocycles. The molecule has 4 aromatic rings. The number of Topliss-reactive ketones (excluding diaryl/α,β-unsaturated/α-hetero) is 1. The van der Waals surface area contributed by atoms with E-state index in [9.17, 15) is 9.59 Å². The molecule has 1 atom stereocenters. The van der Waals surface area contributed by atoms with Crippen LogP contribution in [0.5, 0.6) is 0 Å². The number of nitrogens with two attached hydrogens (primary N) is 1. The van der Waals surface area contributed by atoms with Gasteiger partial charge in [0.2, 0.25) is 11.7 Å². The van der Waals surface area contributed by atoms with Gasteiger partial charge in [0.05, 0.1) is 6.21 Å². The Labute approximate surface area is 219 Å². The van der Waals surface area contributed by atoms with Crippen LogP contribution in [0.15, 0.2) is 78.0 Å². The van der Waals surface area contributed by atoms with Crippen LogP contribution >= 0.6 is 0 Å². The van der Waals surface area contributed by atoms with Crippen molar-refractivity contribution in [3.63, 3.8) is 0 Å². The highest BCUT2D eigenvalue weighted by atomic mass is 19.1. The summed E-state index contributed by atoms with van der Waals surface area (Å²) in [6, 6.07) is 18.6. The predicted molar refractivity (Wildman–Crippen MR) is 143 cm³/mol. The summed E-state index contributed by atoms with van der Waals surface area (Å²) in [5.41, 5.74) is 10.1. The quantitative estimate of drug-likeness (QED) is 0.408. The topological polar surface area (TPSA) is 93.6 Å². The van der Waals surface area contributed by atoms with Crippen LogP contribution in [0.2, 0.25) is 0 Å². The van der Waals surface area contributed by atoms with Crippen molar-refractivity contribution in [2.24, 2.45) is 10.7 Å². The molecule has 3 heterocycles. The molecule has 7 nitrogen and oxygen atoms in total. The van der Waals surface area contributed by atoms with Gasteiger partial charge in [-0.2, -0.15) is 0 Å². The van der Waals surface area contributed by atoms with Gasteiger partial charge in [-0.1, -0.05) is 42.5 Å². The number of primary amides is 1. The molecule has 8 heteroatoms. The van der Waals surface area contributed by atoms with Crippen LogP contribution in [0.4, 0.5) is 4.39 Å². The van der Waals surface area contributed by atoms with E-state index in [2.05, 4.69) is 20.9 Å². The molecule has 38 heavy (non-hydrogen) atoms. The number of imidazole rings is 1. The van der Waals surface area contributed by atoms with Crippen molar-refractivity contribution in [1.29, 1.82) is 0 Å². The highest BCUT2D eigenvalue weighted by Gasteiger charge is 2.32. The Hall–Kier alpha value is -4.43. The molecule has 2 N–H and O–H groups in total. The number of hydrogen-bond donors (Lipinski definition) is 1. The summed E-state index contributed by atoms with van der Waals surface area (Å²) in [6.45, 7) is 2.98. The molecule has 2 aliphatic rings. The largest absolute Gasteiger partial charge is 0.366 e. The van der Waals surface area contributed by atoms with Crippen LogP contribution in [0.3, 0.4) is 0 Å². The van der Waals surface area contributed by atoms with Crippen LogP contribution in [0, 0.1) is 5.82 Å². The minimum atomic E-state index is -1.04. The molecule has 0 saturated carbocycles. The van der Waals surface area contributed by atoms with E-state index in [1.807, 2.05) is 24.3 Å². The van der Waals surface area contributed by atoms with Crippen molar-refractivity contribution in [1.82, 2.24) is 14.5 Å². The summed E-state index contributed by atoms with van der Waals surface area (Å²) < 4.78 is 17.2. The zero-order chi connectivity index (χ0) is 26.2. The first-order chi connectivity index (χ1) is 18.5. The van der Waals surface area contributed by atoms with Gasteiger partial charge in [0.1, 0.15) is 29.6 Å². The number of halogens is 1. The Morgan fingerprint density at radius 2 is 1.84 bits per heavy atom. The fourth-order valence-electron chi connectivity index (χ4n) is 5.31. The van der Waals surface area contributed by atoms with Crippen molar-refractivity contribution >= 4 is 17.9 Å². The molecule has 1 aromatic heterocycles. The second-order valence-electron chi connectivity index (χ2n) is 9.68. The van der Waals surface area contributed by atoms with Crippen molar-refractivity contribution in [2.75, 3.05) is 13.1 Å². The summed E-state index contributed by atoms with van der Waals surface area (Å²) in [4.78, 5) is 36.3. The molecule has 190 valence electrons. The van der Waals surface area contributed by atoms with Crippen LogP contribution in [-0.2, 0) is 6.54 Å². The lowest BCUT2D eigenvalue weighted by atomic mass is 9.93. The second-order valence-corrected chi connectivity index (χ2v) is 9.68. The van der Waals surface area contributed by atoms with Crippen molar-refractivity contribution < 1.29 is 14.0 Å². The second kappa shape index (κ2) is 9.79. The number of benzene rings is 3. The van der Waals surface area contributed by atoms with Gasteiger partial charge >= 0.3 is 0 Å². The Morgan fingerprint density at radius 1 is 1.03 bits per heavy atom. The first-order valence-corrected chi connectivity index (χ1v) is 12.6. The number of aliphatic imine (C=N–C) groups is 1. The van der Waals surface area contributed by atoms with Gasteiger partial charge in [-0.3, -0.25) is 24.0 Å². The van der Waals surface area contributed by atoms with E-state index < -0.39 is 17.8 Å². The lowest BCUT2D eigenvalue weighted by Gasteiger charge is -2.20. The third-order valence-corrected chi connectivity index (χ3v) is 7.25. The van der Waals surface area contributed by atoms with E-state index in [1.165, 1.54) is 31.4 Å². The van der Waals surface area contributed by atoms with Crippen LogP contribution in [0.25, 0.3) is 16.8 Å². The molecule has 0 bridgehead atoms. The number of fused-ring (bicyclic) bond motifs is 1. The molecular formula is C30H26FN5O2. The van der Waals surface area contributed by atoms with Gasteiger partial charge in [0.15, 0.2) is 0 Å². The zero-order valence-corrected chi connectivity index (χ0v) is 20.7. The fraction of sp³-hybridized carbons (Fsp3) is 0.200. The summed E-state index contributed by atoms with van der Waals surface area (Å²) in [7, 11) is 0. The van der Waals surface area contributed by atoms with Crippen molar-refractivity contribution in [3.05, 3.63) is 107 Å². The average molecular weight is 508 g/mol. The highest BCUT2D eigenvalue weighted by Crippen LogP contribution is 2.33. The summed E-state index contributed by atoms with van der Waals surface area (Å²) >= 11 is 0. The number of nitrogens with zero attached hydrogens (tertiary/aromatic N) is 4. The third kappa shape index (κ3) is 4.33. The maximum absolute atomic E-state index is 15.6. The van der Waals surface area contributed by atoms with Gasteiger partial charge < -0.3 is 5.73 Å². The zero-order valence-electron chi connectivity index (χ0n) is 20.7. The first kappa shape index (κ1) is 23.9. The third-order valence-electron chi connectivity index (χ3n) is 7.25. The molecule has 1 saturated heterocycles. The number of carbonyl (C=O) groups excluding carboxylic acids is 2. The summed E-state index contributed by atoms with van der Waals surface area (Å²) in [6.07, 6.45) is 5.40. The lowest BCUT2D eigenvalue weighted by Crippen LogP contribution is -2.21. The van der Waals surface area contributed by atoms with E-state index in [0.717, 1.165) is 36.3 Å². The number of aromatic nitrogens is 2. The Bertz CT molecular complexity index is 1590. The normalized spacial score (nSPS) is 17.1. The predicted octanol–water partition coefficient (Wildman–Crippen LogP) is 4.73. The minimum absolute atomic E-state index is 0.205. The molecule has 1 amide bonds. The first-order valence-electron chi connectivity index (χ1n) is 12.6. The number of amides is 1. The van der Waals surface area contributed by atoms with E-state index in [1.54, 1.807) is 34.9 Å². The Kier molecular flexibility index (Phi) is 6.17. The van der Waals surface area contributed by atoms with Gasteiger partial charge in [-0.05, 0) is 66.9 Å². The maximum atomic E-state index is 15.6. The van der Waals surface area contributed by atoms with E-state index in [4.69, 9.17) is 5.73 Å². The molecule has 0 aliphatic carbocycles. The number of hydrogen-bond acceptors (Lipinski definition) is 5. The molecule has 0 spiro atoms. The maximum Gasteiger partial charge on any atom is 0.248 e. The average Bonchev–Trinajstić information content (AvgIpc) is 3.60. The summed E-state index contributed by atoms with van der Waals surface area (Å²) in [5, 5.41) is 0. The van der Waals surface area contributed by atoms with E-state index in [0.29, 0.717) is 16.9 Å². The standard InChI is InChI=1S/C30H26FN5O2/c31-25-15-19(23-9-2-1-6-21(23)17-35-12-3-4-13-35)10-11-24(25)27-29(37)28-26(16-33-27)34-18-36(28)22-8-5-7-20(14-22)30(32)38/h1-2,5-11,14-16,18,27H,3-4,12-13,17H2,(H2,32,38). The van der Waals surface area contributed by atoms with Crippen molar-refractivity contribution in [3.8, 4) is 16.8 Å². The molecule has 0 radical (unpaired) electrons. The van der Waals surface area contributed by atoms with Crippen molar-refractivity contribution in [2.45, 2.75) is 25.4 Å². The number of likely N-dealkylation sites (tertiary alicyclic amines) is 1. The number of rotatable bonds is 6. The van der Waals surface area contributed by atoms with E-state index >= 15 is 4.39 Å². The molecular weight excluding hydrogens is 481 g/mol. The highest BCUT2D eigenvalue weighted by molar-refractivity contribution is 6.09. The molecule has 1 unspecified atom stereocenters. The van der Waals surface area contributed by atoms with E-state index in [-0.39, 0.29) is 17.0 Å². The summed E-state index contributed by atoms with van der Waals surface area (Å²) in [5.74, 6) is -1.43. The van der Waals surface area contributed by atoms with Gasteiger partial charge in [-0.25, -0.2) is 9.37 Å². The minimum Gasteiger partial charge on any atom is -0.366 e. The van der Waals surface area contributed by atoms with Gasteiger partial charge in [-0.15, -0.1) is 0 Å². The van der Waals surface area contributed by atoms with Gasteiger partial charge in [0, 0.05) is 23.4 Å². The fourth-order valence-corrected chi connectivity index (χ4v) is 5.31. The smallest absolute Gasteiger partial charge is 0.248 e. The molecule has 2 aliphatic heterocycles. The van der Waals surface area contributed by atoms with Crippen LogP contribution < -0.4 is 5.73 Å². The molecule has 6 rings (SSSR count).